The number of aryl methyl sites for hydroxylation is 1. The van der Waals surface area contributed by atoms with Crippen LogP contribution in [0.25, 0.3) is 0 Å². The lowest BCUT2D eigenvalue weighted by Crippen LogP contribution is -2.28. The maximum atomic E-state index is 12.5. The van der Waals surface area contributed by atoms with Crippen molar-refractivity contribution >= 4 is 5.91 Å². The molecule has 0 radical (unpaired) electrons. The van der Waals surface area contributed by atoms with E-state index in [2.05, 4.69) is 15.1 Å². The molecule has 2 fully saturated rings. The first-order valence-electron chi connectivity index (χ1n) is 9.80. The minimum atomic E-state index is -0.132. The molecule has 1 atom stereocenters. The first-order valence-corrected chi connectivity index (χ1v) is 9.80. The van der Waals surface area contributed by atoms with Gasteiger partial charge in [-0.25, -0.2) is 4.98 Å². The first kappa shape index (κ1) is 18.2. The van der Waals surface area contributed by atoms with Gasteiger partial charge in [0.1, 0.15) is 0 Å². The number of aromatic nitrogens is 3. The van der Waals surface area contributed by atoms with E-state index in [4.69, 9.17) is 13.7 Å². The maximum Gasteiger partial charge on any atom is 0.291 e. The molecule has 2 aromatic heterocycles. The van der Waals surface area contributed by atoms with Gasteiger partial charge in [-0.3, -0.25) is 4.79 Å². The summed E-state index contributed by atoms with van der Waals surface area (Å²) < 4.78 is 16.4. The normalized spacial score (nSPS) is 20.6. The highest BCUT2D eigenvalue weighted by Gasteiger charge is 2.33. The van der Waals surface area contributed by atoms with Gasteiger partial charge in [-0.2, -0.15) is 4.98 Å². The van der Waals surface area contributed by atoms with Crippen LogP contribution in [-0.4, -0.2) is 52.2 Å². The lowest BCUT2D eigenvalue weighted by Gasteiger charge is -2.13. The zero-order chi connectivity index (χ0) is 18.6. The van der Waals surface area contributed by atoms with Crippen molar-refractivity contribution in [1.29, 1.82) is 0 Å². The minimum absolute atomic E-state index is 0.0674. The minimum Gasteiger partial charge on any atom is -0.438 e. The SMILES string of the molecule is Cc1ncoc1C(=O)N1CCC(c2nc(CCOCC3CCCC3)no2)C1. The Hall–Kier alpha value is -2.22. The van der Waals surface area contributed by atoms with Crippen molar-refractivity contribution in [2.75, 3.05) is 26.3 Å². The summed E-state index contributed by atoms with van der Waals surface area (Å²) in [6, 6.07) is 0. The van der Waals surface area contributed by atoms with Crippen LogP contribution in [0.1, 0.15) is 66.0 Å². The van der Waals surface area contributed by atoms with Gasteiger partial charge in [0.05, 0.1) is 18.2 Å². The van der Waals surface area contributed by atoms with Crippen LogP contribution in [0.15, 0.2) is 15.3 Å². The molecule has 146 valence electrons. The number of likely N-dealkylation sites (tertiary alicyclic amines) is 1. The topological polar surface area (TPSA) is 94.5 Å². The largest absolute Gasteiger partial charge is 0.438 e. The van der Waals surface area contributed by atoms with Gasteiger partial charge in [0, 0.05) is 26.1 Å². The average Bonchev–Trinajstić information content (AvgIpc) is 3.45. The second-order valence-electron chi connectivity index (χ2n) is 7.53. The number of carbonyl (C=O) groups is 1. The van der Waals surface area contributed by atoms with E-state index < -0.39 is 0 Å². The Kier molecular flexibility index (Phi) is 5.52. The molecule has 1 saturated heterocycles. The van der Waals surface area contributed by atoms with Crippen molar-refractivity contribution in [2.45, 2.75) is 51.4 Å². The highest BCUT2D eigenvalue weighted by Crippen LogP contribution is 2.28. The van der Waals surface area contributed by atoms with E-state index in [0.29, 0.717) is 49.3 Å². The van der Waals surface area contributed by atoms with Crippen LogP contribution in [0, 0.1) is 12.8 Å². The van der Waals surface area contributed by atoms with Crippen LogP contribution in [0.4, 0.5) is 0 Å². The third kappa shape index (κ3) is 4.21. The lowest BCUT2D eigenvalue weighted by molar-refractivity contribution is 0.0757. The lowest BCUT2D eigenvalue weighted by atomic mass is 10.1. The molecule has 2 aromatic rings. The first-order chi connectivity index (χ1) is 13.2. The molecule has 4 rings (SSSR count). The molecule has 1 aliphatic heterocycles. The van der Waals surface area contributed by atoms with E-state index in [0.717, 1.165) is 18.9 Å². The van der Waals surface area contributed by atoms with E-state index in [9.17, 15) is 4.79 Å². The van der Waals surface area contributed by atoms with Crippen molar-refractivity contribution in [2.24, 2.45) is 5.92 Å². The van der Waals surface area contributed by atoms with E-state index >= 15 is 0 Å². The van der Waals surface area contributed by atoms with Crippen LogP contribution >= 0.6 is 0 Å². The number of oxazole rings is 1. The molecule has 1 amide bonds. The molecule has 27 heavy (non-hydrogen) atoms. The molecular formula is C19H26N4O4. The zero-order valence-electron chi connectivity index (χ0n) is 15.7. The number of ether oxygens (including phenoxy) is 1. The summed E-state index contributed by atoms with van der Waals surface area (Å²) in [6.45, 7) is 4.43. The Bertz CT molecular complexity index is 765. The third-order valence-corrected chi connectivity index (χ3v) is 5.55. The van der Waals surface area contributed by atoms with Gasteiger partial charge in [-0.15, -0.1) is 0 Å². The molecule has 1 saturated carbocycles. The summed E-state index contributed by atoms with van der Waals surface area (Å²) in [4.78, 5) is 22.7. The summed E-state index contributed by atoms with van der Waals surface area (Å²) >= 11 is 0. The Morgan fingerprint density at radius 1 is 1.33 bits per heavy atom. The third-order valence-electron chi connectivity index (χ3n) is 5.55. The molecule has 1 aliphatic carbocycles. The summed E-state index contributed by atoms with van der Waals surface area (Å²) in [6.07, 6.45) is 8.00. The average molecular weight is 374 g/mol. The molecular weight excluding hydrogens is 348 g/mol. The summed E-state index contributed by atoms with van der Waals surface area (Å²) in [5.41, 5.74) is 0.612. The van der Waals surface area contributed by atoms with E-state index in [1.165, 1.54) is 32.1 Å². The summed E-state index contributed by atoms with van der Waals surface area (Å²) in [5.74, 6) is 2.24. The van der Waals surface area contributed by atoms with E-state index in [1.807, 2.05) is 0 Å². The predicted molar refractivity (Wildman–Crippen MR) is 95.3 cm³/mol. The fourth-order valence-electron chi connectivity index (χ4n) is 3.92. The fourth-order valence-corrected chi connectivity index (χ4v) is 3.92. The Balaban J connectivity index is 1.25. The Labute approximate surface area is 158 Å². The number of amides is 1. The van der Waals surface area contributed by atoms with Crippen LogP contribution in [0.5, 0.6) is 0 Å². The van der Waals surface area contributed by atoms with Gasteiger partial charge in [-0.1, -0.05) is 18.0 Å². The van der Waals surface area contributed by atoms with Gasteiger partial charge in [0.25, 0.3) is 5.91 Å². The van der Waals surface area contributed by atoms with E-state index in [-0.39, 0.29) is 11.8 Å². The summed E-state index contributed by atoms with van der Waals surface area (Å²) in [5, 5.41) is 4.07. The van der Waals surface area contributed by atoms with Gasteiger partial charge >= 0.3 is 0 Å². The molecule has 8 heteroatoms. The molecule has 0 bridgehead atoms. The van der Waals surface area contributed by atoms with Crippen molar-refractivity contribution in [3.8, 4) is 0 Å². The fraction of sp³-hybridized carbons (Fsp3) is 0.684. The van der Waals surface area contributed by atoms with Crippen molar-refractivity contribution in [1.82, 2.24) is 20.0 Å². The van der Waals surface area contributed by atoms with Crippen molar-refractivity contribution in [3.63, 3.8) is 0 Å². The highest BCUT2D eigenvalue weighted by atomic mass is 16.5. The second-order valence-corrected chi connectivity index (χ2v) is 7.53. The van der Waals surface area contributed by atoms with Gasteiger partial charge in [0.15, 0.2) is 12.2 Å². The Morgan fingerprint density at radius 2 is 2.19 bits per heavy atom. The zero-order valence-corrected chi connectivity index (χ0v) is 15.7. The van der Waals surface area contributed by atoms with Gasteiger partial charge in [-0.05, 0) is 32.1 Å². The van der Waals surface area contributed by atoms with Crippen LogP contribution in [0.2, 0.25) is 0 Å². The highest BCUT2D eigenvalue weighted by molar-refractivity contribution is 5.92. The molecule has 1 unspecified atom stereocenters. The smallest absolute Gasteiger partial charge is 0.291 e. The molecule has 2 aliphatic rings. The number of rotatable bonds is 7. The molecule has 0 aromatic carbocycles. The second kappa shape index (κ2) is 8.21. The van der Waals surface area contributed by atoms with Gasteiger partial charge < -0.3 is 18.6 Å². The molecule has 8 nitrogen and oxygen atoms in total. The maximum absolute atomic E-state index is 12.5. The quantitative estimate of drug-likeness (QED) is 0.688. The monoisotopic (exact) mass is 374 g/mol. The number of nitrogens with zero attached hydrogens (tertiary/aromatic N) is 4. The number of hydrogen-bond donors (Lipinski definition) is 0. The van der Waals surface area contributed by atoms with Gasteiger partial charge in [0.2, 0.25) is 11.7 Å². The van der Waals surface area contributed by atoms with Crippen molar-refractivity contribution in [3.05, 3.63) is 29.6 Å². The molecule has 0 spiro atoms. The Morgan fingerprint density at radius 3 is 2.96 bits per heavy atom. The van der Waals surface area contributed by atoms with Crippen LogP contribution < -0.4 is 0 Å². The van der Waals surface area contributed by atoms with Crippen LogP contribution in [-0.2, 0) is 11.2 Å². The van der Waals surface area contributed by atoms with Crippen LogP contribution in [0.3, 0.4) is 0 Å². The van der Waals surface area contributed by atoms with Crippen molar-refractivity contribution < 1.29 is 18.5 Å². The molecule has 3 heterocycles. The summed E-state index contributed by atoms with van der Waals surface area (Å²) in [7, 11) is 0. The predicted octanol–water partition coefficient (Wildman–Crippen LogP) is 2.75. The standard InChI is InChI=1S/C19H26N4O4/c1-13-17(26-12-20-13)19(24)23-8-6-15(10-23)18-21-16(22-27-18)7-9-25-11-14-4-2-3-5-14/h12,14-15H,2-11H2,1H3. The number of carbonyl (C=O) groups excluding carboxylic acids is 1. The van der Waals surface area contributed by atoms with E-state index in [1.54, 1.807) is 11.8 Å². The number of hydrogen-bond acceptors (Lipinski definition) is 7. The molecule has 0 N–H and O–H groups in total.